The second-order valence-corrected chi connectivity index (χ2v) is 5.29. The zero-order valence-electron chi connectivity index (χ0n) is 11.8. The molecule has 2 rings (SSSR count). The summed E-state index contributed by atoms with van der Waals surface area (Å²) in [6.45, 7) is 5.67. The van der Waals surface area contributed by atoms with Crippen molar-refractivity contribution in [2.45, 2.75) is 45.7 Å². The molecule has 0 bridgehead atoms. The Kier molecular flexibility index (Phi) is 4.91. The Morgan fingerprint density at radius 3 is 3.16 bits per heavy atom. The molecule has 4 nitrogen and oxygen atoms in total. The van der Waals surface area contributed by atoms with E-state index in [1.54, 1.807) is 6.20 Å². The van der Waals surface area contributed by atoms with Crippen molar-refractivity contribution in [3.63, 3.8) is 0 Å². The van der Waals surface area contributed by atoms with E-state index >= 15 is 0 Å². The predicted octanol–water partition coefficient (Wildman–Crippen LogP) is 1.78. The Morgan fingerprint density at radius 1 is 1.58 bits per heavy atom. The van der Waals surface area contributed by atoms with Gasteiger partial charge < -0.3 is 10.6 Å². The second-order valence-electron chi connectivity index (χ2n) is 5.29. The molecule has 0 aliphatic carbocycles. The van der Waals surface area contributed by atoms with Crippen LogP contribution in [-0.2, 0) is 11.3 Å². The highest BCUT2D eigenvalue weighted by atomic mass is 16.2. The van der Waals surface area contributed by atoms with Gasteiger partial charge in [0.15, 0.2) is 0 Å². The van der Waals surface area contributed by atoms with Crippen LogP contribution in [0.2, 0.25) is 0 Å². The number of hydrogen-bond acceptors (Lipinski definition) is 3. The Bertz CT molecular complexity index is 433. The minimum Gasteiger partial charge on any atom is -0.349 e. The molecule has 1 fully saturated rings. The number of piperidine rings is 1. The van der Waals surface area contributed by atoms with Crippen LogP contribution in [0.5, 0.6) is 0 Å². The third-order valence-corrected chi connectivity index (χ3v) is 3.95. The second kappa shape index (κ2) is 6.66. The summed E-state index contributed by atoms with van der Waals surface area (Å²) < 4.78 is 0. The van der Waals surface area contributed by atoms with E-state index < -0.39 is 0 Å². The molecule has 1 aromatic heterocycles. The molecule has 4 heteroatoms. The van der Waals surface area contributed by atoms with Gasteiger partial charge in [0, 0.05) is 6.20 Å². The normalized spacial score (nSPS) is 23.1. The summed E-state index contributed by atoms with van der Waals surface area (Å²) in [5.41, 5.74) is 2.06. The number of nitrogens with zero attached hydrogens (tertiary/aromatic N) is 1. The number of nitrogens with one attached hydrogen (secondary N) is 2. The highest BCUT2D eigenvalue weighted by Crippen LogP contribution is 2.19. The fourth-order valence-corrected chi connectivity index (χ4v) is 2.56. The summed E-state index contributed by atoms with van der Waals surface area (Å²) in [5, 5.41) is 6.29. The zero-order valence-corrected chi connectivity index (χ0v) is 11.8. The first kappa shape index (κ1) is 14.0. The smallest absolute Gasteiger partial charge is 0.237 e. The molecular formula is C15H23N3O. The molecule has 1 saturated heterocycles. The Hall–Kier alpha value is -1.42. The molecule has 2 unspecified atom stereocenters. The minimum absolute atomic E-state index is 0.0391. The van der Waals surface area contributed by atoms with E-state index in [4.69, 9.17) is 0 Å². The number of carbonyl (C=O) groups excluding carboxylic acids is 1. The summed E-state index contributed by atoms with van der Waals surface area (Å²) in [6, 6.07) is 3.89. The van der Waals surface area contributed by atoms with Crippen LogP contribution < -0.4 is 10.6 Å². The lowest BCUT2D eigenvalue weighted by Crippen LogP contribution is -2.48. The van der Waals surface area contributed by atoms with E-state index in [1.807, 2.05) is 19.1 Å². The predicted molar refractivity (Wildman–Crippen MR) is 75.6 cm³/mol. The van der Waals surface area contributed by atoms with Crippen molar-refractivity contribution < 1.29 is 4.79 Å². The van der Waals surface area contributed by atoms with Crippen molar-refractivity contribution in [1.29, 1.82) is 0 Å². The van der Waals surface area contributed by atoms with Gasteiger partial charge in [-0.15, -0.1) is 0 Å². The third kappa shape index (κ3) is 3.77. The average Bonchev–Trinajstić information content (AvgIpc) is 2.46. The Labute approximate surface area is 115 Å². The standard InChI is InChI=1S/C15H23N3O/c1-3-12-6-8-17-13(9-12)15(19)18-10-14-11(2)5-4-7-16-14/h4-5,7,12-13,17H,3,6,8-10H2,1-2H3,(H,18,19). The zero-order chi connectivity index (χ0) is 13.7. The average molecular weight is 261 g/mol. The van der Waals surface area contributed by atoms with Crippen molar-refractivity contribution in [3.05, 3.63) is 29.6 Å². The van der Waals surface area contributed by atoms with E-state index in [1.165, 1.54) is 6.42 Å². The number of rotatable bonds is 4. The van der Waals surface area contributed by atoms with Gasteiger partial charge in [0.1, 0.15) is 0 Å². The van der Waals surface area contributed by atoms with E-state index in [0.717, 1.165) is 30.6 Å². The van der Waals surface area contributed by atoms with Gasteiger partial charge >= 0.3 is 0 Å². The van der Waals surface area contributed by atoms with Gasteiger partial charge in [0.2, 0.25) is 5.91 Å². The monoisotopic (exact) mass is 261 g/mol. The molecule has 1 aromatic rings. The largest absolute Gasteiger partial charge is 0.349 e. The number of carbonyl (C=O) groups is 1. The summed E-state index contributed by atoms with van der Waals surface area (Å²) >= 11 is 0. The third-order valence-electron chi connectivity index (χ3n) is 3.95. The summed E-state index contributed by atoms with van der Waals surface area (Å²) in [7, 11) is 0. The molecule has 0 radical (unpaired) electrons. The number of aryl methyl sites for hydroxylation is 1. The van der Waals surface area contributed by atoms with Crippen LogP contribution in [-0.4, -0.2) is 23.5 Å². The Morgan fingerprint density at radius 2 is 2.42 bits per heavy atom. The topological polar surface area (TPSA) is 54.0 Å². The van der Waals surface area contributed by atoms with Gasteiger partial charge in [0.05, 0.1) is 18.3 Å². The van der Waals surface area contributed by atoms with Gasteiger partial charge in [-0.1, -0.05) is 19.4 Å². The fourth-order valence-electron chi connectivity index (χ4n) is 2.56. The lowest BCUT2D eigenvalue weighted by Gasteiger charge is -2.28. The van der Waals surface area contributed by atoms with Crippen LogP contribution in [0.15, 0.2) is 18.3 Å². The Balaban J connectivity index is 1.86. The van der Waals surface area contributed by atoms with Gasteiger partial charge in [-0.25, -0.2) is 0 Å². The number of pyridine rings is 1. The first-order valence-electron chi connectivity index (χ1n) is 7.12. The highest BCUT2D eigenvalue weighted by Gasteiger charge is 2.25. The maximum absolute atomic E-state index is 12.1. The van der Waals surface area contributed by atoms with Crippen LogP contribution in [0.25, 0.3) is 0 Å². The van der Waals surface area contributed by atoms with Crippen molar-refractivity contribution in [1.82, 2.24) is 15.6 Å². The first-order chi connectivity index (χ1) is 9.20. The van der Waals surface area contributed by atoms with Crippen LogP contribution in [0, 0.1) is 12.8 Å². The SMILES string of the molecule is CCC1CCNC(C(=O)NCc2ncccc2C)C1. The molecule has 2 heterocycles. The molecule has 2 atom stereocenters. The summed E-state index contributed by atoms with van der Waals surface area (Å²) in [5.74, 6) is 0.775. The molecule has 1 amide bonds. The van der Waals surface area contributed by atoms with Gasteiger partial charge in [-0.05, 0) is 43.9 Å². The van der Waals surface area contributed by atoms with Crippen LogP contribution in [0.3, 0.4) is 0 Å². The molecular weight excluding hydrogens is 238 g/mol. The highest BCUT2D eigenvalue weighted by molar-refractivity contribution is 5.81. The molecule has 2 N–H and O–H groups in total. The molecule has 104 valence electrons. The molecule has 0 aromatic carbocycles. The van der Waals surface area contributed by atoms with Crippen molar-refractivity contribution in [3.8, 4) is 0 Å². The van der Waals surface area contributed by atoms with Crippen LogP contribution in [0.4, 0.5) is 0 Å². The van der Waals surface area contributed by atoms with Gasteiger partial charge in [0.25, 0.3) is 0 Å². The number of amides is 1. The van der Waals surface area contributed by atoms with Gasteiger partial charge in [-0.3, -0.25) is 9.78 Å². The first-order valence-corrected chi connectivity index (χ1v) is 7.12. The minimum atomic E-state index is -0.0391. The van der Waals surface area contributed by atoms with E-state index in [2.05, 4.69) is 22.5 Å². The molecule has 1 aliphatic rings. The molecule has 1 aliphatic heterocycles. The van der Waals surface area contributed by atoms with E-state index in [-0.39, 0.29) is 11.9 Å². The summed E-state index contributed by atoms with van der Waals surface area (Å²) in [4.78, 5) is 16.4. The maximum atomic E-state index is 12.1. The maximum Gasteiger partial charge on any atom is 0.237 e. The lowest BCUT2D eigenvalue weighted by molar-refractivity contribution is -0.124. The quantitative estimate of drug-likeness (QED) is 0.868. The van der Waals surface area contributed by atoms with E-state index in [0.29, 0.717) is 12.5 Å². The molecule has 0 spiro atoms. The van der Waals surface area contributed by atoms with Gasteiger partial charge in [-0.2, -0.15) is 0 Å². The van der Waals surface area contributed by atoms with Crippen molar-refractivity contribution in [2.24, 2.45) is 5.92 Å². The van der Waals surface area contributed by atoms with Crippen LogP contribution >= 0.6 is 0 Å². The summed E-state index contributed by atoms with van der Waals surface area (Å²) in [6.07, 6.45) is 5.05. The molecule has 19 heavy (non-hydrogen) atoms. The van der Waals surface area contributed by atoms with Crippen molar-refractivity contribution >= 4 is 5.91 Å². The van der Waals surface area contributed by atoms with Crippen LogP contribution in [0.1, 0.15) is 37.4 Å². The lowest BCUT2D eigenvalue weighted by atomic mass is 9.90. The fraction of sp³-hybridized carbons (Fsp3) is 0.600. The molecule has 0 saturated carbocycles. The van der Waals surface area contributed by atoms with Crippen molar-refractivity contribution in [2.75, 3.05) is 6.54 Å². The number of hydrogen-bond donors (Lipinski definition) is 2. The van der Waals surface area contributed by atoms with E-state index in [9.17, 15) is 4.79 Å². The number of aromatic nitrogens is 1.